The molecule has 146 valence electrons. The molecule has 0 atom stereocenters. The molecule has 0 aliphatic heterocycles. The molecule has 2 N–H and O–H groups in total. The molecule has 0 radical (unpaired) electrons. The molecule has 5 nitrogen and oxygen atoms in total. The van der Waals surface area contributed by atoms with Crippen molar-refractivity contribution in [3.63, 3.8) is 0 Å². The van der Waals surface area contributed by atoms with Gasteiger partial charge in [0.2, 0.25) is 0 Å². The number of benzene rings is 2. The number of rotatable bonds is 7. The number of hydrogen-bond acceptors (Lipinski definition) is 2. The van der Waals surface area contributed by atoms with E-state index in [1.54, 1.807) is 7.05 Å². The zero-order valence-corrected chi connectivity index (χ0v) is 16.9. The van der Waals surface area contributed by atoms with E-state index in [1.807, 2.05) is 18.5 Å². The molecule has 3 rings (SSSR count). The standard InChI is InChI=1S/C23H29N5/c1-18-13-19(2)15-21(14-18)9-10-26-23(24-3)27-16-22-25-11-12-28(22)17-20-7-5-4-6-8-20/h4-8,11-15H,9-10,16-17H2,1-3H3,(H2,24,26,27). The molecule has 0 saturated heterocycles. The molecular weight excluding hydrogens is 346 g/mol. The lowest BCUT2D eigenvalue weighted by molar-refractivity contribution is 0.687. The molecule has 0 aliphatic rings. The van der Waals surface area contributed by atoms with Crippen LogP contribution in [0.1, 0.15) is 28.1 Å². The summed E-state index contributed by atoms with van der Waals surface area (Å²) in [5, 5.41) is 6.75. The fourth-order valence-corrected chi connectivity index (χ4v) is 3.35. The number of imidazole rings is 1. The van der Waals surface area contributed by atoms with Gasteiger partial charge in [-0.2, -0.15) is 0 Å². The van der Waals surface area contributed by atoms with E-state index in [0.717, 1.165) is 31.3 Å². The van der Waals surface area contributed by atoms with Gasteiger partial charge in [0.15, 0.2) is 5.96 Å². The Morgan fingerprint density at radius 2 is 1.75 bits per heavy atom. The molecule has 1 heterocycles. The van der Waals surface area contributed by atoms with Gasteiger partial charge in [0.25, 0.3) is 0 Å². The van der Waals surface area contributed by atoms with Crippen LogP contribution in [0.25, 0.3) is 0 Å². The van der Waals surface area contributed by atoms with Crippen LogP contribution in [0.2, 0.25) is 0 Å². The Hall–Kier alpha value is -3.08. The minimum atomic E-state index is 0.628. The molecule has 0 bridgehead atoms. The minimum Gasteiger partial charge on any atom is -0.356 e. The van der Waals surface area contributed by atoms with Gasteiger partial charge < -0.3 is 15.2 Å². The van der Waals surface area contributed by atoms with E-state index >= 15 is 0 Å². The first kappa shape index (κ1) is 19.7. The van der Waals surface area contributed by atoms with E-state index in [-0.39, 0.29) is 0 Å². The summed E-state index contributed by atoms with van der Waals surface area (Å²) >= 11 is 0. The summed E-state index contributed by atoms with van der Waals surface area (Å²) in [7, 11) is 1.79. The lowest BCUT2D eigenvalue weighted by Gasteiger charge is -2.13. The predicted molar refractivity (Wildman–Crippen MR) is 116 cm³/mol. The average molecular weight is 376 g/mol. The van der Waals surface area contributed by atoms with Gasteiger partial charge in [-0.3, -0.25) is 4.99 Å². The highest BCUT2D eigenvalue weighted by Crippen LogP contribution is 2.09. The number of aryl methyl sites for hydroxylation is 2. The predicted octanol–water partition coefficient (Wildman–Crippen LogP) is 3.46. The number of nitrogens with one attached hydrogen (secondary N) is 2. The summed E-state index contributed by atoms with van der Waals surface area (Å²) in [4.78, 5) is 8.81. The van der Waals surface area contributed by atoms with Gasteiger partial charge in [-0.1, -0.05) is 59.7 Å². The van der Waals surface area contributed by atoms with Crippen molar-refractivity contribution in [2.24, 2.45) is 4.99 Å². The van der Waals surface area contributed by atoms with Gasteiger partial charge in [0.1, 0.15) is 5.82 Å². The monoisotopic (exact) mass is 375 g/mol. The molecule has 0 fully saturated rings. The van der Waals surface area contributed by atoms with Gasteiger partial charge >= 0.3 is 0 Å². The summed E-state index contributed by atoms with van der Waals surface area (Å²) in [5.74, 6) is 1.78. The summed E-state index contributed by atoms with van der Waals surface area (Å²) < 4.78 is 2.16. The SMILES string of the molecule is CN=C(NCCc1cc(C)cc(C)c1)NCc1nccn1Cc1ccccc1. The Kier molecular flexibility index (Phi) is 6.84. The van der Waals surface area contributed by atoms with Gasteiger partial charge in [-0.25, -0.2) is 4.98 Å². The third kappa shape index (κ3) is 5.71. The smallest absolute Gasteiger partial charge is 0.191 e. The van der Waals surface area contributed by atoms with Crippen molar-refractivity contribution < 1.29 is 0 Å². The average Bonchev–Trinajstić information content (AvgIpc) is 3.11. The lowest BCUT2D eigenvalue weighted by atomic mass is 10.1. The summed E-state index contributed by atoms with van der Waals surface area (Å²) in [5.41, 5.74) is 5.22. The fourth-order valence-electron chi connectivity index (χ4n) is 3.35. The molecule has 1 aromatic heterocycles. The van der Waals surface area contributed by atoms with E-state index in [9.17, 15) is 0 Å². The molecule has 0 aliphatic carbocycles. The number of nitrogens with zero attached hydrogens (tertiary/aromatic N) is 3. The maximum absolute atomic E-state index is 4.48. The van der Waals surface area contributed by atoms with E-state index in [0.29, 0.717) is 6.54 Å². The Morgan fingerprint density at radius 1 is 1.00 bits per heavy atom. The molecule has 0 saturated carbocycles. The lowest BCUT2D eigenvalue weighted by Crippen LogP contribution is -2.38. The summed E-state index contributed by atoms with van der Waals surface area (Å²) in [6.07, 6.45) is 4.82. The minimum absolute atomic E-state index is 0.628. The van der Waals surface area contributed by atoms with Gasteiger partial charge in [-0.15, -0.1) is 0 Å². The molecule has 0 unspecified atom stereocenters. The topological polar surface area (TPSA) is 54.2 Å². The number of guanidine groups is 1. The molecule has 2 aromatic carbocycles. The van der Waals surface area contributed by atoms with Crippen molar-refractivity contribution in [2.45, 2.75) is 33.4 Å². The van der Waals surface area contributed by atoms with Crippen molar-refractivity contribution in [1.82, 2.24) is 20.2 Å². The van der Waals surface area contributed by atoms with Crippen LogP contribution in [0.3, 0.4) is 0 Å². The zero-order valence-electron chi connectivity index (χ0n) is 16.9. The molecular formula is C23H29N5. The van der Waals surface area contributed by atoms with Crippen LogP contribution in [0.15, 0.2) is 65.9 Å². The molecule has 0 spiro atoms. The van der Waals surface area contributed by atoms with Crippen LogP contribution in [-0.4, -0.2) is 29.1 Å². The van der Waals surface area contributed by atoms with E-state index in [1.165, 1.54) is 22.3 Å². The first-order valence-electron chi connectivity index (χ1n) is 9.69. The highest BCUT2D eigenvalue weighted by atomic mass is 15.2. The summed E-state index contributed by atoms with van der Waals surface area (Å²) in [6.45, 7) is 6.56. The van der Waals surface area contributed by atoms with E-state index in [4.69, 9.17) is 0 Å². The first-order valence-corrected chi connectivity index (χ1v) is 9.69. The number of aliphatic imine (C=N–C) groups is 1. The van der Waals surface area contributed by atoms with Crippen LogP contribution in [0.5, 0.6) is 0 Å². The maximum Gasteiger partial charge on any atom is 0.191 e. The van der Waals surface area contributed by atoms with E-state index in [2.05, 4.69) is 81.5 Å². The molecule has 3 aromatic rings. The number of aromatic nitrogens is 2. The fraction of sp³-hybridized carbons (Fsp3) is 0.304. The Labute approximate surface area is 167 Å². The van der Waals surface area contributed by atoms with Crippen LogP contribution in [0, 0.1) is 13.8 Å². The van der Waals surface area contributed by atoms with Crippen molar-refractivity contribution in [1.29, 1.82) is 0 Å². The Bertz CT molecular complexity index is 892. The normalized spacial score (nSPS) is 11.5. The van der Waals surface area contributed by atoms with Crippen LogP contribution >= 0.6 is 0 Å². The maximum atomic E-state index is 4.48. The summed E-state index contributed by atoms with van der Waals surface area (Å²) in [6, 6.07) is 17.1. The van der Waals surface area contributed by atoms with Gasteiger partial charge in [0, 0.05) is 32.5 Å². The number of hydrogen-bond donors (Lipinski definition) is 2. The van der Waals surface area contributed by atoms with Gasteiger partial charge in [-0.05, 0) is 31.4 Å². The third-order valence-corrected chi connectivity index (χ3v) is 4.62. The quantitative estimate of drug-likeness (QED) is 0.491. The molecule has 5 heteroatoms. The second-order valence-electron chi connectivity index (χ2n) is 7.06. The van der Waals surface area contributed by atoms with Gasteiger partial charge in [0.05, 0.1) is 6.54 Å². The Balaban J connectivity index is 1.50. The third-order valence-electron chi connectivity index (χ3n) is 4.62. The van der Waals surface area contributed by atoms with Crippen molar-refractivity contribution in [3.8, 4) is 0 Å². The van der Waals surface area contributed by atoms with Crippen LogP contribution < -0.4 is 10.6 Å². The molecule has 28 heavy (non-hydrogen) atoms. The highest BCUT2D eigenvalue weighted by molar-refractivity contribution is 5.79. The highest BCUT2D eigenvalue weighted by Gasteiger charge is 2.05. The Morgan fingerprint density at radius 3 is 2.46 bits per heavy atom. The van der Waals surface area contributed by atoms with Crippen molar-refractivity contribution >= 4 is 5.96 Å². The second kappa shape index (κ2) is 9.74. The first-order chi connectivity index (χ1) is 13.6. The molecule has 0 amide bonds. The van der Waals surface area contributed by atoms with Crippen molar-refractivity contribution in [2.75, 3.05) is 13.6 Å². The second-order valence-corrected chi connectivity index (χ2v) is 7.06. The zero-order chi connectivity index (χ0) is 19.8. The van der Waals surface area contributed by atoms with Crippen LogP contribution in [-0.2, 0) is 19.5 Å². The largest absolute Gasteiger partial charge is 0.356 e. The van der Waals surface area contributed by atoms with Crippen LogP contribution in [0.4, 0.5) is 0 Å². The van der Waals surface area contributed by atoms with E-state index < -0.39 is 0 Å². The van der Waals surface area contributed by atoms with Crippen molar-refractivity contribution in [3.05, 3.63) is 89.0 Å².